The average Bonchev–Trinajstić information content (AvgIpc) is 3.40. The highest BCUT2D eigenvalue weighted by Crippen LogP contribution is 2.17. The van der Waals surface area contributed by atoms with E-state index in [4.69, 9.17) is 4.42 Å². The molecule has 0 bridgehead atoms. The molecule has 1 aromatic carbocycles. The van der Waals surface area contributed by atoms with E-state index in [1.807, 2.05) is 0 Å². The molecule has 0 unspecified atom stereocenters. The Balaban J connectivity index is 1.34. The van der Waals surface area contributed by atoms with Crippen molar-refractivity contribution in [3.05, 3.63) is 60.1 Å². The first-order chi connectivity index (χ1) is 15.0. The fourth-order valence-corrected chi connectivity index (χ4v) is 3.55. The summed E-state index contributed by atoms with van der Waals surface area (Å²) < 4.78 is 5.11. The van der Waals surface area contributed by atoms with Gasteiger partial charge in [-0.15, -0.1) is 0 Å². The summed E-state index contributed by atoms with van der Waals surface area (Å²) in [6, 6.07) is 11.2. The molecule has 0 N–H and O–H groups in total. The Kier molecular flexibility index (Phi) is 5.52. The summed E-state index contributed by atoms with van der Waals surface area (Å²) in [5.74, 6) is -2.45. The van der Waals surface area contributed by atoms with Crippen LogP contribution in [0.15, 0.2) is 53.1 Å². The first kappa shape index (κ1) is 20.3. The molecule has 10 nitrogen and oxygen atoms in total. The number of carbonyl (C=O) groups is 5. The number of piperazine rings is 1. The summed E-state index contributed by atoms with van der Waals surface area (Å²) in [6.07, 6.45) is 1.42. The normalized spacial score (nSPS) is 17.0. The van der Waals surface area contributed by atoms with E-state index < -0.39 is 30.3 Å². The molecule has 2 fully saturated rings. The van der Waals surface area contributed by atoms with E-state index in [9.17, 15) is 24.0 Å². The van der Waals surface area contributed by atoms with Crippen LogP contribution in [0.2, 0.25) is 0 Å². The highest BCUT2D eigenvalue weighted by Gasteiger charge is 2.45. The van der Waals surface area contributed by atoms with Gasteiger partial charge in [-0.3, -0.25) is 24.1 Å². The minimum atomic E-state index is -1.01. The lowest BCUT2D eigenvalue weighted by atomic mass is 10.2. The highest BCUT2D eigenvalue weighted by atomic mass is 16.3. The van der Waals surface area contributed by atoms with Gasteiger partial charge in [-0.25, -0.2) is 9.69 Å². The van der Waals surface area contributed by atoms with Crippen molar-refractivity contribution in [2.75, 3.05) is 32.7 Å². The lowest BCUT2D eigenvalue weighted by Gasteiger charge is -2.34. The van der Waals surface area contributed by atoms with Crippen molar-refractivity contribution in [2.24, 2.45) is 0 Å². The fraction of sp³-hybridized carbons (Fsp3) is 0.286. The summed E-state index contributed by atoms with van der Waals surface area (Å²) in [4.78, 5) is 66.7. The van der Waals surface area contributed by atoms with Gasteiger partial charge in [-0.05, 0) is 17.7 Å². The van der Waals surface area contributed by atoms with Gasteiger partial charge in [0.25, 0.3) is 5.91 Å². The molecule has 2 aliphatic heterocycles. The lowest BCUT2D eigenvalue weighted by Crippen LogP contribution is -2.53. The Labute approximate surface area is 177 Å². The van der Waals surface area contributed by atoms with E-state index in [1.54, 1.807) is 47.4 Å². The molecule has 0 spiro atoms. The number of benzene rings is 1. The van der Waals surface area contributed by atoms with Gasteiger partial charge in [0.2, 0.25) is 5.91 Å². The van der Waals surface area contributed by atoms with Crippen LogP contribution < -0.4 is 0 Å². The molecule has 10 heteroatoms. The predicted molar refractivity (Wildman–Crippen MR) is 105 cm³/mol. The van der Waals surface area contributed by atoms with Gasteiger partial charge in [0, 0.05) is 26.2 Å². The van der Waals surface area contributed by atoms with Crippen LogP contribution in [-0.2, 0) is 20.9 Å². The average molecular weight is 424 g/mol. The maximum absolute atomic E-state index is 12.7. The number of rotatable bonds is 5. The summed E-state index contributed by atoms with van der Waals surface area (Å²) in [5.41, 5.74) is 0.697. The summed E-state index contributed by atoms with van der Waals surface area (Å²) in [5, 5.41) is 0. The van der Waals surface area contributed by atoms with Crippen molar-refractivity contribution in [1.82, 2.24) is 19.6 Å². The molecule has 2 saturated heterocycles. The summed E-state index contributed by atoms with van der Waals surface area (Å²) in [7, 11) is 0. The van der Waals surface area contributed by atoms with Crippen molar-refractivity contribution in [2.45, 2.75) is 6.54 Å². The topological polar surface area (TPSA) is 111 Å². The number of carbonyl (C=O) groups excluding carboxylic acids is 5. The number of hydrogen-bond acceptors (Lipinski definition) is 6. The van der Waals surface area contributed by atoms with Crippen LogP contribution >= 0.6 is 0 Å². The van der Waals surface area contributed by atoms with Gasteiger partial charge in [0.15, 0.2) is 5.76 Å². The first-order valence-corrected chi connectivity index (χ1v) is 9.77. The van der Waals surface area contributed by atoms with E-state index in [2.05, 4.69) is 0 Å². The van der Waals surface area contributed by atoms with Crippen LogP contribution in [0.5, 0.6) is 0 Å². The second-order valence-electron chi connectivity index (χ2n) is 7.20. The molecule has 0 radical (unpaired) electrons. The van der Waals surface area contributed by atoms with Gasteiger partial charge >= 0.3 is 17.8 Å². The zero-order chi connectivity index (χ0) is 22.0. The summed E-state index contributed by atoms with van der Waals surface area (Å²) >= 11 is 0. The number of nitrogens with zero attached hydrogens (tertiary/aromatic N) is 4. The molecule has 4 rings (SSSR count). The predicted octanol–water partition coefficient (Wildman–Crippen LogP) is 0.555. The maximum Gasteiger partial charge on any atom is 0.335 e. The van der Waals surface area contributed by atoms with E-state index in [-0.39, 0.29) is 31.3 Å². The van der Waals surface area contributed by atoms with E-state index in [0.29, 0.717) is 23.6 Å². The second-order valence-corrected chi connectivity index (χ2v) is 7.20. The quantitative estimate of drug-likeness (QED) is 0.512. The minimum Gasteiger partial charge on any atom is -0.459 e. The van der Waals surface area contributed by atoms with Crippen LogP contribution in [-0.4, -0.2) is 82.0 Å². The largest absolute Gasteiger partial charge is 0.459 e. The molecule has 0 atom stereocenters. The standard InChI is InChI=1S/C21H20N4O6/c26-17(22-8-10-23(11-9-22)18(27)16-7-4-12-31-16)14-25-20(29)19(28)24(21(25)30)13-15-5-2-1-3-6-15/h1-7,12H,8-11,13-14H2. The number of hydrogen-bond donors (Lipinski definition) is 0. The number of furan rings is 1. The summed E-state index contributed by atoms with van der Waals surface area (Å²) in [6.45, 7) is 0.550. The van der Waals surface area contributed by atoms with Crippen LogP contribution in [0.25, 0.3) is 0 Å². The van der Waals surface area contributed by atoms with Crippen LogP contribution in [0.1, 0.15) is 16.1 Å². The third-order valence-corrected chi connectivity index (χ3v) is 5.26. The van der Waals surface area contributed by atoms with Crippen molar-refractivity contribution in [1.29, 1.82) is 0 Å². The number of urea groups is 1. The fourth-order valence-electron chi connectivity index (χ4n) is 3.55. The van der Waals surface area contributed by atoms with Crippen molar-refractivity contribution >= 4 is 29.7 Å². The van der Waals surface area contributed by atoms with Gasteiger partial charge in [0.1, 0.15) is 6.54 Å². The molecule has 160 valence electrons. The van der Waals surface area contributed by atoms with Crippen LogP contribution in [0, 0.1) is 0 Å². The monoisotopic (exact) mass is 424 g/mol. The smallest absolute Gasteiger partial charge is 0.335 e. The molecular formula is C21H20N4O6. The Hall–Kier alpha value is -3.95. The zero-order valence-electron chi connectivity index (χ0n) is 16.6. The SMILES string of the molecule is O=C(CN1C(=O)C(=O)N(Cc2ccccc2)C1=O)N1CCN(C(=O)c2ccco2)CC1. The van der Waals surface area contributed by atoms with E-state index >= 15 is 0 Å². The van der Waals surface area contributed by atoms with Crippen molar-refractivity contribution < 1.29 is 28.4 Å². The third kappa shape index (κ3) is 4.04. The Morgan fingerprint density at radius 2 is 1.45 bits per heavy atom. The Bertz CT molecular complexity index is 1010. The molecule has 0 saturated carbocycles. The number of imide groups is 2. The van der Waals surface area contributed by atoms with Crippen molar-refractivity contribution in [3.8, 4) is 0 Å². The minimum absolute atomic E-state index is 0.0392. The molecule has 6 amide bonds. The maximum atomic E-state index is 12.7. The third-order valence-electron chi connectivity index (χ3n) is 5.26. The van der Waals surface area contributed by atoms with Gasteiger partial charge in [-0.1, -0.05) is 30.3 Å². The molecular weight excluding hydrogens is 404 g/mol. The van der Waals surface area contributed by atoms with Gasteiger partial charge in [-0.2, -0.15) is 0 Å². The highest BCUT2D eigenvalue weighted by molar-refractivity contribution is 6.44. The molecule has 0 aliphatic carbocycles. The van der Waals surface area contributed by atoms with Gasteiger partial charge < -0.3 is 14.2 Å². The Morgan fingerprint density at radius 3 is 2.10 bits per heavy atom. The molecule has 3 heterocycles. The van der Waals surface area contributed by atoms with Crippen LogP contribution in [0.4, 0.5) is 4.79 Å². The zero-order valence-corrected chi connectivity index (χ0v) is 16.6. The Morgan fingerprint density at radius 1 is 0.806 bits per heavy atom. The molecule has 31 heavy (non-hydrogen) atoms. The molecule has 1 aromatic heterocycles. The van der Waals surface area contributed by atoms with Crippen LogP contribution in [0.3, 0.4) is 0 Å². The molecule has 2 aromatic rings. The van der Waals surface area contributed by atoms with Crippen molar-refractivity contribution in [3.63, 3.8) is 0 Å². The van der Waals surface area contributed by atoms with E-state index in [1.165, 1.54) is 11.2 Å². The second kappa shape index (κ2) is 8.42. The molecule has 2 aliphatic rings. The first-order valence-electron chi connectivity index (χ1n) is 9.77. The van der Waals surface area contributed by atoms with Gasteiger partial charge in [0.05, 0.1) is 12.8 Å². The number of amides is 6. The lowest BCUT2D eigenvalue weighted by molar-refractivity contribution is -0.145. The van der Waals surface area contributed by atoms with E-state index in [0.717, 1.165) is 4.90 Å².